The van der Waals surface area contributed by atoms with Crippen molar-refractivity contribution < 1.29 is 14.3 Å². The molecule has 4 aromatic rings. The maximum Gasteiger partial charge on any atom is 0.325 e. The van der Waals surface area contributed by atoms with Gasteiger partial charge in [-0.05, 0) is 67.8 Å². The van der Waals surface area contributed by atoms with Crippen molar-refractivity contribution in [3.8, 4) is 0 Å². The molecule has 0 bridgehead atoms. The van der Waals surface area contributed by atoms with Crippen LogP contribution in [0.5, 0.6) is 0 Å². The molecule has 174 valence electrons. The maximum absolute atomic E-state index is 12.5. The predicted molar refractivity (Wildman–Crippen MR) is 137 cm³/mol. The lowest BCUT2D eigenvalue weighted by molar-refractivity contribution is -0.143. The second-order valence-electron chi connectivity index (χ2n) is 7.93. The molecule has 1 heterocycles. The Labute approximate surface area is 208 Å². The Kier molecular flexibility index (Phi) is 7.25. The second kappa shape index (κ2) is 10.3. The van der Waals surface area contributed by atoms with Gasteiger partial charge < -0.3 is 14.6 Å². The van der Waals surface area contributed by atoms with Crippen molar-refractivity contribution in [1.82, 2.24) is 4.57 Å². The van der Waals surface area contributed by atoms with E-state index in [9.17, 15) is 9.59 Å². The maximum atomic E-state index is 12.5. The number of halogens is 2. The molecule has 7 heteroatoms. The number of ether oxygens (including phenoxy) is 1. The van der Waals surface area contributed by atoms with Crippen molar-refractivity contribution in [3.63, 3.8) is 0 Å². The van der Waals surface area contributed by atoms with E-state index in [0.717, 1.165) is 27.7 Å². The summed E-state index contributed by atoms with van der Waals surface area (Å²) in [5, 5.41) is 4.73. The Bertz CT molecular complexity index is 1360. The van der Waals surface area contributed by atoms with Gasteiger partial charge in [0.2, 0.25) is 0 Å². The van der Waals surface area contributed by atoms with Crippen LogP contribution in [0.2, 0.25) is 10.0 Å². The lowest BCUT2D eigenvalue weighted by Gasteiger charge is -2.09. The Morgan fingerprint density at radius 1 is 0.971 bits per heavy atom. The van der Waals surface area contributed by atoms with Crippen molar-refractivity contribution in [2.75, 3.05) is 11.9 Å². The van der Waals surface area contributed by atoms with Crippen molar-refractivity contribution in [1.29, 1.82) is 0 Å². The van der Waals surface area contributed by atoms with Crippen LogP contribution in [-0.2, 0) is 22.5 Å². The summed E-state index contributed by atoms with van der Waals surface area (Å²) in [6, 6.07) is 20.6. The van der Waals surface area contributed by atoms with E-state index in [1.165, 1.54) is 0 Å². The smallest absolute Gasteiger partial charge is 0.325 e. The average Bonchev–Trinajstić information content (AvgIpc) is 3.08. The van der Waals surface area contributed by atoms with E-state index in [0.29, 0.717) is 34.3 Å². The zero-order valence-corrected chi connectivity index (χ0v) is 20.4. The van der Waals surface area contributed by atoms with E-state index in [-0.39, 0.29) is 18.4 Å². The van der Waals surface area contributed by atoms with E-state index in [2.05, 4.69) is 11.4 Å². The molecule has 0 saturated heterocycles. The van der Waals surface area contributed by atoms with E-state index < -0.39 is 0 Å². The summed E-state index contributed by atoms with van der Waals surface area (Å²) in [5.41, 5.74) is 5.41. The first kappa shape index (κ1) is 23.9. The molecule has 4 rings (SSSR count). The first-order valence-electron chi connectivity index (χ1n) is 10.9. The van der Waals surface area contributed by atoms with Gasteiger partial charge in [-0.1, -0.05) is 53.5 Å². The van der Waals surface area contributed by atoms with Crippen LogP contribution >= 0.6 is 23.2 Å². The largest absolute Gasteiger partial charge is 0.465 e. The number of benzene rings is 3. The van der Waals surface area contributed by atoms with Gasteiger partial charge in [-0.2, -0.15) is 0 Å². The van der Waals surface area contributed by atoms with Gasteiger partial charge in [0.1, 0.15) is 6.54 Å². The van der Waals surface area contributed by atoms with Crippen LogP contribution in [0.1, 0.15) is 34.1 Å². The lowest BCUT2D eigenvalue weighted by atomic mass is 10.0. The predicted octanol–water partition coefficient (Wildman–Crippen LogP) is 6.66. The fraction of sp³-hybridized carbons (Fsp3) is 0.185. The monoisotopic (exact) mass is 494 g/mol. The van der Waals surface area contributed by atoms with E-state index in [1.807, 2.05) is 54.0 Å². The fourth-order valence-electron chi connectivity index (χ4n) is 4.02. The number of para-hydroxylation sites is 1. The third-order valence-electron chi connectivity index (χ3n) is 5.73. The number of hydrogen-bond acceptors (Lipinski definition) is 3. The van der Waals surface area contributed by atoms with Crippen LogP contribution < -0.4 is 5.32 Å². The molecular weight excluding hydrogens is 471 g/mol. The topological polar surface area (TPSA) is 60.3 Å². The number of carbonyl (C=O) groups excluding carboxylic acids is 2. The first-order valence-corrected chi connectivity index (χ1v) is 11.7. The summed E-state index contributed by atoms with van der Waals surface area (Å²) < 4.78 is 7.17. The van der Waals surface area contributed by atoms with Crippen molar-refractivity contribution in [3.05, 3.63) is 99.2 Å². The highest BCUT2D eigenvalue weighted by Crippen LogP contribution is 2.29. The number of anilines is 1. The number of nitrogens with zero attached hydrogens (tertiary/aromatic N) is 1. The number of hydrogen-bond donors (Lipinski definition) is 1. The fourth-order valence-corrected chi connectivity index (χ4v) is 4.31. The molecule has 0 saturated carbocycles. The molecule has 3 aromatic carbocycles. The van der Waals surface area contributed by atoms with Gasteiger partial charge in [-0.25, -0.2) is 0 Å². The first-order chi connectivity index (χ1) is 16.4. The summed E-state index contributed by atoms with van der Waals surface area (Å²) in [4.78, 5) is 24.7. The van der Waals surface area contributed by atoms with Crippen LogP contribution in [0.4, 0.5) is 5.69 Å². The minimum atomic E-state index is -0.260. The molecular formula is C27H24Cl2N2O3. The zero-order chi connectivity index (χ0) is 24.2. The van der Waals surface area contributed by atoms with Crippen LogP contribution in [0.25, 0.3) is 10.9 Å². The minimum absolute atomic E-state index is 0.180. The molecule has 0 aliphatic carbocycles. The van der Waals surface area contributed by atoms with E-state index in [4.69, 9.17) is 27.9 Å². The van der Waals surface area contributed by atoms with Gasteiger partial charge in [-0.3, -0.25) is 9.59 Å². The third kappa shape index (κ3) is 5.11. The van der Waals surface area contributed by atoms with Crippen LogP contribution in [0.3, 0.4) is 0 Å². The van der Waals surface area contributed by atoms with Gasteiger partial charge in [0.05, 0.1) is 16.7 Å². The lowest BCUT2D eigenvalue weighted by Crippen LogP contribution is -2.14. The summed E-state index contributed by atoms with van der Waals surface area (Å²) in [6.07, 6.45) is 0.698. The SMILES string of the molecule is CCOC(=O)Cn1c(C)c(Cc2ccc(NC(=O)c3ccc(Cl)c(Cl)c3)cc2)c2ccccc21. The van der Waals surface area contributed by atoms with Crippen LogP contribution in [0.15, 0.2) is 66.7 Å². The summed E-state index contributed by atoms with van der Waals surface area (Å²) in [5.74, 6) is -0.510. The summed E-state index contributed by atoms with van der Waals surface area (Å²) >= 11 is 11.9. The molecule has 0 atom stereocenters. The van der Waals surface area contributed by atoms with Crippen molar-refractivity contribution in [2.45, 2.75) is 26.8 Å². The normalized spacial score (nSPS) is 10.9. The van der Waals surface area contributed by atoms with Gasteiger partial charge in [0.25, 0.3) is 5.91 Å². The average molecular weight is 495 g/mol. The zero-order valence-electron chi connectivity index (χ0n) is 18.9. The highest BCUT2D eigenvalue weighted by molar-refractivity contribution is 6.42. The number of amides is 1. The molecule has 0 aliphatic rings. The van der Waals surface area contributed by atoms with Gasteiger partial charge in [0.15, 0.2) is 0 Å². The standard InChI is InChI=1S/C27H24Cl2N2O3/c1-3-34-26(32)16-31-17(2)22(21-6-4-5-7-25(21)31)14-18-8-11-20(12-9-18)30-27(33)19-10-13-23(28)24(29)15-19/h4-13,15H,3,14,16H2,1-2H3,(H,30,33). The Hall–Kier alpha value is -3.28. The number of aromatic nitrogens is 1. The number of rotatable bonds is 7. The van der Waals surface area contributed by atoms with E-state index >= 15 is 0 Å². The Balaban J connectivity index is 1.54. The number of esters is 1. The molecule has 0 radical (unpaired) electrons. The van der Waals surface area contributed by atoms with Gasteiger partial charge in [0, 0.05) is 27.8 Å². The number of nitrogens with one attached hydrogen (secondary N) is 1. The molecule has 34 heavy (non-hydrogen) atoms. The van der Waals surface area contributed by atoms with Crippen molar-refractivity contribution in [2.24, 2.45) is 0 Å². The molecule has 0 spiro atoms. The summed E-state index contributed by atoms with van der Waals surface area (Å²) in [6.45, 7) is 4.37. The van der Waals surface area contributed by atoms with Crippen LogP contribution in [0, 0.1) is 6.92 Å². The highest BCUT2D eigenvalue weighted by Gasteiger charge is 2.17. The van der Waals surface area contributed by atoms with Crippen molar-refractivity contribution >= 4 is 51.7 Å². The molecule has 1 aromatic heterocycles. The van der Waals surface area contributed by atoms with Gasteiger partial charge >= 0.3 is 5.97 Å². The molecule has 5 nitrogen and oxygen atoms in total. The molecule has 0 aliphatic heterocycles. The van der Waals surface area contributed by atoms with Gasteiger partial charge in [-0.15, -0.1) is 0 Å². The number of carbonyl (C=O) groups is 2. The number of fused-ring (bicyclic) bond motifs is 1. The Morgan fingerprint density at radius 2 is 1.71 bits per heavy atom. The Morgan fingerprint density at radius 3 is 2.41 bits per heavy atom. The molecule has 0 unspecified atom stereocenters. The quantitative estimate of drug-likeness (QED) is 0.292. The highest BCUT2D eigenvalue weighted by atomic mass is 35.5. The molecule has 0 fully saturated rings. The third-order valence-corrected chi connectivity index (χ3v) is 6.47. The van der Waals surface area contributed by atoms with E-state index in [1.54, 1.807) is 25.1 Å². The van der Waals surface area contributed by atoms with Crippen LogP contribution in [-0.4, -0.2) is 23.1 Å². The summed E-state index contributed by atoms with van der Waals surface area (Å²) in [7, 11) is 0. The molecule has 1 N–H and O–H groups in total. The molecule has 1 amide bonds. The second-order valence-corrected chi connectivity index (χ2v) is 8.74. The minimum Gasteiger partial charge on any atom is -0.465 e.